The minimum atomic E-state index is 0.374. The zero-order valence-electron chi connectivity index (χ0n) is 13.3. The molecule has 4 rings (SSSR count). The van der Waals surface area contributed by atoms with Gasteiger partial charge in [-0.2, -0.15) is 0 Å². The van der Waals surface area contributed by atoms with Crippen LogP contribution in [0.15, 0.2) is 60.8 Å². The molecule has 2 heterocycles. The summed E-state index contributed by atoms with van der Waals surface area (Å²) in [7, 11) is 0. The average Bonchev–Trinajstić information content (AvgIpc) is 3.00. The highest BCUT2D eigenvalue weighted by molar-refractivity contribution is 5.73. The van der Waals surface area contributed by atoms with Gasteiger partial charge in [0, 0.05) is 11.6 Å². The van der Waals surface area contributed by atoms with E-state index in [1.165, 1.54) is 16.7 Å². The van der Waals surface area contributed by atoms with Gasteiger partial charge in [0.15, 0.2) is 5.65 Å². The number of nitrogens with zero attached hydrogens (tertiary/aromatic N) is 3. The van der Waals surface area contributed by atoms with Gasteiger partial charge in [0.2, 0.25) is 0 Å². The number of imidazole rings is 1. The van der Waals surface area contributed by atoms with Gasteiger partial charge in [0.1, 0.15) is 5.82 Å². The SMILES string of the molecule is Cc1ccc(-c2ccc(-c3cn4nc(N)cc(N)c4n3)cc2)cc1. The Kier molecular flexibility index (Phi) is 3.20. The number of nitrogen functional groups attached to an aromatic ring is 2. The molecule has 2 aromatic heterocycles. The van der Waals surface area contributed by atoms with E-state index in [2.05, 4.69) is 65.5 Å². The molecule has 4 aromatic rings. The lowest BCUT2D eigenvalue weighted by Gasteiger charge is -2.03. The van der Waals surface area contributed by atoms with Gasteiger partial charge in [-0.15, -0.1) is 5.10 Å². The second-order valence-electron chi connectivity index (χ2n) is 5.86. The van der Waals surface area contributed by atoms with E-state index in [0.29, 0.717) is 17.2 Å². The van der Waals surface area contributed by atoms with E-state index in [1.807, 2.05) is 6.20 Å². The van der Waals surface area contributed by atoms with Crippen LogP contribution in [0.4, 0.5) is 11.5 Å². The summed E-state index contributed by atoms with van der Waals surface area (Å²) >= 11 is 0. The second kappa shape index (κ2) is 5.38. The number of aryl methyl sites for hydroxylation is 1. The lowest BCUT2D eigenvalue weighted by atomic mass is 10.0. The van der Waals surface area contributed by atoms with E-state index in [9.17, 15) is 0 Å². The summed E-state index contributed by atoms with van der Waals surface area (Å²) in [5.41, 5.74) is 18.3. The molecule has 5 heteroatoms. The van der Waals surface area contributed by atoms with Crippen LogP contribution in [-0.4, -0.2) is 14.6 Å². The molecule has 24 heavy (non-hydrogen) atoms. The molecule has 0 aliphatic heterocycles. The van der Waals surface area contributed by atoms with Crippen LogP contribution in [0.2, 0.25) is 0 Å². The number of aromatic nitrogens is 3. The molecule has 0 atom stereocenters. The molecule has 0 bridgehead atoms. The molecule has 118 valence electrons. The Bertz CT molecular complexity index is 1010. The van der Waals surface area contributed by atoms with Crippen LogP contribution in [0.3, 0.4) is 0 Å². The lowest BCUT2D eigenvalue weighted by molar-refractivity contribution is 0.948. The molecule has 4 N–H and O–H groups in total. The highest BCUT2D eigenvalue weighted by atomic mass is 15.3. The van der Waals surface area contributed by atoms with Crippen molar-refractivity contribution in [3.05, 3.63) is 66.4 Å². The van der Waals surface area contributed by atoms with Crippen LogP contribution >= 0.6 is 0 Å². The Morgan fingerprint density at radius 2 is 1.42 bits per heavy atom. The normalized spacial score (nSPS) is 11.0. The van der Waals surface area contributed by atoms with Crippen molar-refractivity contribution in [3.8, 4) is 22.4 Å². The molecule has 0 saturated carbocycles. The van der Waals surface area contributed by atoms with E-state index < -0.39 is 0 Å². The first-order chi connectivity index (χ1) is 11.6. The van der Waals surface area contributed by atoms with Crippen LogP contribution in [-0.2, 0) is 0 Å². The third kappa shape index (κ3) is 2.46. The van der Waals surface area contributed by atoms with Gasteiger partial charge >= 0.3 is 0 Å². The summed E-state index contributed by atoms with van der Waals surface area (Å²) in [5, 5.41) is 4.21. The molecular weight excluding hydrogens is 298 g/mol. The first kappa shape index (κ1) is 14.3. The van der Waals surface area contributed by atoms with Gasteiger partial charge in [-0.3, -0.25) is 0 Å². The Hall–Kier alpha value is -3.34. The Balaban J connectivity index is 1.72. The minimum Gasteiger partial charge on any atom is -0.396 e. The van der Waals surface area contributed by atoms with Crippen molar-refractivity contribution in [1.29, 1.82) is 0 Å². The van der Waals surface area contributed by atoms with Crippen molar-refractivity contribution in [2.45, 2.75) is 6.92 Å². The molecule has 0 amide bonds. The molecule has 0 aliphatic rings. The van der Waals surface area contributed by atoms with Gasteiger partial charge in [-0.1, -0.05) is 54.1 Å². The number of hydrogen-bond donors (Lipinski definition) is 2. The zero-order chi connectivity index (χ0) is 16.7. The molecule has 0 fully saturated rings. The molecular formula is C19H17N5. The first-order valence-corrected chi connectivity index (χ1v) is 7.69. The summed E-state index contributed by atoms with van der Waals surface area (Å²) < 4.78 is 1.62. The smallest absolute Gasteiger partial charge is 0.177 e. The lowest BCUT2D eigenvalue weighted by Crippen LogP contribution is -2.00. The van der Waals surface area contributed by atoms with Crippen molar-refractivity contribution in [2.24, 2.45) is 0 Å². The van der Waals surface area contributed by atoms with E-state index in [0.717, 1.165) is 11.3 Å². The average molecular weight is 315 g/mol. The fourth-order valence-electron chi connectivity index (χ4n) is 2.74. The molecule has 2 aromatic carbocycles. The maximum absolute atomic E-state index is 5.96. The summed E-state index contributed by atoms with van der Waals surface area (Å²) in [4.78, 5) is 4.56. The largest absolute Gasteiger partial charge is 0.396 e. The number of fused-ring (bicyclic) bond motifs is 1. The maximum atomic E-state index is 5.96. The number of rotatable bonds is 2. The van der Waals surface area contributed by atoms with Crippen molar-refractivity contribution in [1.82, 2.24) is 14.6 Å². The van der Waals surface area contributed by atoms with Crippen molar-refractivity contribution in [3.63, 3.8) is 0 Å². The third-order valence-electron chi connectivity index (χ3n) is 4.04. The predicted molar refractivity (Wildman–Crippen MR) is 97.4 cm³/mol. The van der Waals surface area contributed by atoms with Gasteiger partial charge < -0.3 is 11.5 Å². The van der Waals surface area contributed by atoms with Gasteiger partial charge in [0.05, 0.1) is 17.6 Å². The highest BCUT2D eigenvalue weighted by Gasteiger charge is 2.09. The van der Waals surface area contributed by atoms with Crippen molar-refractivity contribution < 1.29 is 0 Å². The highest BCUT2D eigenvalue weighted by Crippen LogP contribution is 2.26. The number of hydrogen-bond acceptors (Lipinski definition) is 4. The van der Waals surface area contributed by atoms with E-state index in [4.69, 9.17) is 11.5 Å². The Morgan fingerprint density at radius 3 is 2.08 bits per heavy atom. The standard InChI is InChI=1S/C19H17N5/c1-12-2-4-13(5-3-12)14-6-8-15(9-7-14)17-11-24-19(22-17)16(20)10-18(21)23-24/h2-11H,20H2,1H3,(H2,21,23). The van der Waals surface area contributed by atoms with Crippen LogP contribution in [0, 0.1) is 6.92 Å². The number of nitrogens with two attached hydrogens (primary N) is 2. The maximum Gasteiger partial charge on any atom is 0.177 e. The molecule has 0 spiro atoms. The van der Waals surface area contributed by atoms with Crippen LogP contribution < -0.4 is 11.5 Å². The van der Waals surface area contributed by atoms with Crippen LogP contribution in [0.1, 0.15) is 5.56 Å². The van der Waals surface area contributed by atoms with E-state index >= 15 is 0 Å². The Morgan fingerprint density at radius 1 is 0.833 bits per heavy atom. The summed E-state index contributed by atoms with van der Waals surface area (Å²) in [6, 6.07) is 18.4. The van der Waals surface area contributed by atoms with Gasteiger partial charge in [0.25, 0.3) is 0 Å². The fraction of sp³-hybridized carbons (Fsp3) is 0.0526. The number of anilines is 2. The van der Waals surface area contributed by atoms with Crippen molar-refractivity contribution in [2.75, 3.05) is 11.5 Å². The quantitative estimate of drug-likeness (QED) is 0.593. The zero-order valence-corrected chi connectivity index (χ0v) is 13.3. The van der Waals surface area contributed by atoms with Gasteiger partial charge in [-0.05, 0) is 18.1 Å². The predicted octanol–water partition coefficient (Wildman–Crippen LogP) is 3.54. The minimum absolute atomic E-state index is 0.374. The second-order valence-corrected chi connectivity index (χ2v) is 5.86. The summed E-state index contributed by atoms with van der Waals surface area (Å²) in [5.74, 6) is 0.374. The Labute approximate surface area is 139 Å². The summed E-state index contributed by atoms with van der Waals surface area (Å²) in [6.45, 7) is 2.09. The topological polar surface area (TPSA) is 82.2 Å². The van der Waals surface area contributed by atoms with Crippen LogP contribution in [0.5, 0.6) is 0 Å². The number of benzene rings is 2. The van der Waals surface area contributed by atoms with Gasteiger partial charge in [-0.25, -0.2) is 9.50 Å². The molecule has 0 radical (unpaired) electrons. The van der Waals surface area contributed by atoms with Crippen molar-refractivity contribution >= 4 is 17.2 Å². The summed E-state index contributed by atoms with van der Waals surface area (Å²) in [6.07, 6.45) is 1.84. The fourth-order valence-corrected chi connectivity index (χ4v) is 2.74. The molecule has 0 saturated heterocycles. The van der Waals surface area contributed by atoms with E-state index in [1.54, 1.807) is 10.6 Å². The monoisotopic (exact) mass is 315 g/mol. The molecule has 0 unspecified atom stereocenters. The molecule has 0 aliphatic carbocycles. The molecule has 5 nitrogen and oxygen atoms in total. The first-order valence-electron chi connectivity index (χ1n) is 7.69. The van der Waals surface area contributed by atoms with E-state index in [-0.39, 0.29) is 0 Å². The third-order valence-corrected chi connectivity index (χ3v) is 4.04. The van der Waals surface area contributed by atoms with Crippen LogP contribution in [0.25, 0.3) is 28.0 Å².